The first-order valence-corrected chi connectivity index (χ1v) is 9.51. The lowest BCUT2D eigenvalue weighted by Gasteiger charge is -2.22. The largest absolute Gasteiger partial charge is 0.348 e. The van der Waals surface area contributed by atoms with Crippen LogP contribution in [-0.2, 0) is 16.6 Å². The van der Waals surface area contributed by atoms with Crippen molar-refractivity contribution in [2.45, 2.75) is 20.4 Å². The zero-order chi connectivity index (χ0) is 17.6. The fraction of sp³-hybridized carbons (Fsp3) is 0.278. The van der Waals surface area contributed by atoms with E-state index in [9.17, 15) is 13.2 Å². The molecule has 0 radical (unpaired) electrons. The molecule has 0 fully saturated rings. The molecular weight excluding hydrogens is 324 g/mol. The second kappa shape index (κ2) is 7.97. The summed E-state index contributed by atoms with van der Waals surface area (Å²) < 4.78 is 25.5. The molecule has 2 rings (SSSR count). The van der Waals surface area contributed by atoms with Crippen molar-refractivity contribution >= 4 is 21.6 Å². The molecule has 0 aliphatic rings. The highest BCUT2D eigenvalue weighted by Crippen LogP contribution is 2.19. The van der Waals surface area contributed by atoms with Gasteiger partial charge in [0, 0.05) is 18.7 Å². The van der Waals surface area contributed by atoms with Crippen LogP contribution in [0.2, 0.25) is 0 Å². The van der Waals surface area contributed by atoms with Crippen LogP contribution in [0.5, 0.6) is 0 Å². The number of nitrogens with one attached hydrogen (secondary N) is 1. The van der Waals surface area contributed by atoms with Gasteiger partial charge in [0.25, 0.3) is 5.91 Å². The third kappa shape index (κ3) is 4.35. The van der Waals surface area contributed by atoms with Crippen LogP contribution in [-0.4, -0.2) is 26.6 Å². The van der Waals surface area contributed by atoms with E-state index in [-0.39, 0.29) is 11.7 Å². The Bertz CT molecular complexity index is 772. The molecule has 0 aliphatic carbocycles. The van der Waals surface area contributed by atoms with Crippen LogP contribution in [0.15, 0.2) is 54.6 Å². The van der Waals surface area contributed by atoms with E-state index in [1.807, 2.05) is 30.3 Å². The summed E-state index contributed by atoms with van der Waals surface area (Å²) in [4.78, 5) is 12.2. The average Bonchev–Trinajstić information content (AvgIpc) is 2.61. The lowest BCUT2D eigenvalue weighted by atomic mass is 10.1. The maximum atomic E-state index is 12.2. The van der Waals surface area contributed by atoms with E-state index in [0.29, 0.717) is 24.3 Å². The number of carbonyl (C=O) groups is 1. The van der Waals surface area contributed by atoms with Crippen LogP contribution < -0.4 is 9.62 Å². The van der Waals surface area contributed by atoms with E-state index in [4.69, 9.17) is 0 Å². The molecule has 0 heterocycles. The second-order valence-corrected chi connectivity index (χ2v) is 7.46. The SMILES string of the molecule is CCN(c1ccc(C(=O)NCc2ccccc2)cc1)S(=O)(=O)CC. The number of benzene rings is 2. The molecule has 1 N–H and O–H groups in total. The summed E-state index contributed by atoms with van der Waals surface area (Å²) in [7, 11) is -3.31. The highest BCUT2D eigenvalue weighted by atomic mass is 32.2. The van der Waals surface area contributed by atoms with Gasteiger partial charge in [-0.05, 0) is 43.7 Å². The summed E-state index contributed by atoms with van der Waals surface area (Å²) in [5.74, 6) is -0.146. The first-order valence-electron chi connectivity index (χ1n) is 7.90. The molecule has 5 nitrogen and oxygen atoms in total. The van der Waals surface area contributed by atoms with Crippen molar-refractivity contribution in [1.29, 1.82) is 0 Å². The zero-order valence-electron chi connectivity index (χ0n) is 13.9. The summed E-state index contributed by atoms with van der Waals surface area (Å²) in [6, 6.07) is 16.3. The number of rotatable bonds is 7. The number of carbonyl (C=O) groups excluding carboxylic acids is 1. The monoisotopic (exact) mass is 346 g/mol. The smallest absolute Gasteiger partial charge is 0.251 e. The van der Waals surface area contributed by atoms with E-state index in [1.54, 1.807) is 38.1 Å². The molecule has 2 aromatic carbocycles. The quantitative estimate of drug-likeness (QED) is 0.838. The number of anilines is 1. The number of nitrogens with zero attached hydrogens (tertiary/aromatic N) is 1. The summed E-state index contributed by atoms with van der Waals surface area (Å²) in [6.45, 7) is 4.21. The van der Waals surface area contributed by atoms with Gasteiger partial charge in [0.1, 0.15) is 0 Å². The standard InChI is InChI=1S/C18H22N2O3S/c1-3-20(24(22,23)4-2)17-12-10-16(11-13-17)18(21)19-14-15-8-6-5-7-9-15/h5-13H,3-4,14H2,1-2H3,(H,19,21). The Hall–Kier alpha value is -2.34. The summed E-state index contributed by atoms with van der Waals surface area (Å²) in [6.07, 6.45) is 0. The van der Waals surface area contributed by atoms with Crippen molar-refractivity contribution in [2.24, 2.45) is 0 Å². The Balaban J connectivity index is 2.07. The van der Waals surface area contributed by atoms with Gasteiger partial charge in [0.05, 0.1) is 11.4 Å². The molecule has 0 bridgehead atoms. The van der Waals surface area contributed by atoms with Gasteiger partial charge in [0.15, 0.2) is 0 Å². The number of hydrogen-bond acceptors (Lipinski definition) is 3. The maximum absolute atomic E-state index is 12.2. The molecule has 0 saturated carbocycles. The van der Waals surface area contributed by atoms with E-state index >= 15 is 0 Å². The minimum atomic E-state index is -3.31. The van der Waals surface area contributed by atoms with Gasteiger partial charge in [-0.1, -0.05) is 30.3 Å². The van der Waals surface area contributed by atoms with Gasteiger partial charge in [-0.25, -0.2) is 8.42 Å². The first-order chi connectivity index (χ1) is 11.5. The van der Waals surface area contributed by atoms with Crippen LogP contribution in [0, 0.1) is 0 Å². The Morgan fingerprint density at radius 3 is 2.17 bits per heavy atom. The van der Waals surface area contributed by atoms with Gasteiger partial charge in [-0.2, -0.15) is 0 Å². The molecule has 128 valence electrons. The van der Waals surface area contributed by atoms with Crippen molar-refractivity contribution in [2.75, 3.05) is 16.6 Å². The molecular formula is C18H22N2O3S. The molecule has 0 aliphatic heterocycles. The number of sulfonamides is 1. The fourth-order valence-corrected chi connectivity index (χ4v) is 3.50. The Morgan fingerprint density at radius 2 is 1.62 bits per heavy atom. The maximum Gasteiger partial charge on any atom is 0.251 e. The first kappa shape index (κ1) is 18.0. The fourth-order valence-electron chi connectivity index (χ4n) is 2.36. The Kier molecular flexibility index (Phi) is 5.98. The highest BCUT2D eigenvalue weighted by Gasteiger charge is 2.18. The van der Waals surface area contributed by atoms with E-state index in [0.717, 1.165) is 5.56 Å². The van der Waals surface area contributed by atoms with Gasteiger partial charge >= 0.3 is 0 Å². The molecule has 6 heteroatoms. The predicted molar refractivity (Wildman–Crippen MR) is 96.5 cm³/mol. The van der Waals surface area contributed by atoms with E-state index < -0.39 is 10.0 Å². The van der Waals surface area contributed by atoms with E-state index in [1.165, 1.54) is 4.31 Å². The third-order valence-electron chi connectivity index (χ3n) is 3.70. The van der Waals surface area contributed by atoms with Crippen LogP contribution in [0.4, 0.5) is 5.69 Å². The molecule has 1 amide bonds. The van der Waals surface area contributed by atoms with Gasteiger partial charge in [-0.15, -0.1) is 0 Å². The van der Waals surface area contributed by atoms with Crippen molar-refractivity contribution in [1.82, 2.24) is 5.32 Å². The number of hydrogen-bond donors (Lipinski definition) is 1. The molecule has 0 saturated heterocycles. The molecule has 0 unspecified atom stereocenters. The van der Waals surface area contributed by atoms with Crippen molar-refractivity contribution in [3.8, 4) is 0 Å². The Morgan fingerprint density at radius 1 is 1.00 bits per heavy atom. The summed E-state index contributed by atoms with van der Waals surface area (Å²) >= 11 is 0. The lowest BCUT2D eigenvalue weighted by Crippen LogP contribution is -2.32. The van der Waals surface area contributed by atoms with Crippen molar-refractivity contribution < 1.29 is 13.2 Å². The van der Waals surface area contributed by atoms with Gasteiger partial charge in [-0.3, -0.25) is 9.10 Å². The molecule has 0 spiro atoms. The highest BCUT2D eigenvalue weighted by molar-refractivity contribution is 7.92. The predicted octanol–water partition coefficient (Wildman–Crippen LogP) is 2.79. The Labute approximate surface area is 143 Å². The summed E-state index contributed by atoms with van der Waals surface area (Å²) in [5, 5.41) is 2.85. The molecule has 2 aromatic rings. The minimum Gasteiger partial charge on any atom is -0.348 e. The van der Waals surface area contributed by atoms with E-state index in [2.05, 4.69) is 5.32 Å². The molecule has 24 heavy (non-hydrogen) atoms. The normalized spacial score (nSPS) is 11.1. The molecule has 0 atom stereocenters. The van der Waals surface area contributed by atoms with Gasteiger partial charge in [0.2, 0.25) is 10.0 Å². The van der Waals surface area contributed by atoms with Crippen LogP contribution in [0.1, 0.15) is 29.8 Å². The van der Waals surface area contributed by atoms with Crippen LogP contribution in [0.25, 0.3) is 0 Å². The zero-order valence-corrected chi connectivity index (χ0v) is 14.7. The topological polar surface area (TPSA) is 66.5 Å². The lowest BCUT2D eigenvalue weighted by molar-refractivity contribution is 0.0951. The average molecular weight is 346 g/mol. The van der Waals surface area contributed by atoms with Crippen LogP contribution >= 0.6 is 0 Å². The van der Waals surface area contributed by atoms with Crippen LogP contribution in [0.3, 0.4) is 0 Å². The third-order valence-corrected chi connectivity index (χ3v) is 5.57. The number of amides is 1. The second-order valence-electron chi connectivity index (χ2n) is 5.28. The van der Waals surface area contributed by atoms with Crippen molar-refractivity contribution in [3.63, 3.8) is 0 Å². The van der Waals surface area contributed by atoms with Gasteiger partial charge < -0.3 is 5.32 Å². The summed E-state index contributed by atoms with van der Waals surface area (Å²) in [5.41, 5.74) is 2.09. The van der Waals surface area contributed by atoms with Crippen molar-refractivity contribution in [3.05, 3.63) is 65.7 Å². The minimum absolute atomic E-state index is 0.0418. The molecule has 0 aromatic heterocycles.